The van der Waals surface area contributed by atoms with E-state index < -0.39 is 23.0 Å². The number of aromatic hydroxyl groups is 1. The van der Waals surface area contributed by atoms with Crippen LogP contribution in [-0.2, 0) is 13.0 Å². The third-order valence-electron chi connectivity index (χ3n) is 4.72. The summed E-state index contributed by atoms with van der Waals surface area (Å²) in [5, 5.41) is 25.6. The zero-order chi connectivity index (χ0) is 20.7. The highest BCUT2D eigenvalue weighted by Crippen LogP contribution is 2.36. The van der Waals surface area contributed by atoms with Gasteiger partial charge in [-0.25, -0.2) is 4.79 Å². The lowest BCUT2D eigenvalue weighted by atomic mass is 9.98. The SMILES string of the molecule is O=C(NCC1Cc2c(sc(Nn3c(=O)c3=O)c2C(=O)O)CN1)c1ccccc1O. The number of amides is 1. The molecule has 3 aromatic rings. The third-order valence-corrected chi connectivity index (χ3v) is 5.85. The number of thiophene rings is 1. The van der Waals surface area contributed by atoms with Crippen LogP contribution in [0.3, 0.4) is 0 Å². The molecule has 1 atom stereocenters. The second-order valence-electron chi connectivity index (χ2n) is 6.58. The molecule has 0 aliphatic carbocycles. The summed E-state index contributed by atoms with van der Waals surface area (Å²) < 4.78 is 0.765. The summed E-state index contributed by atoms with van der Waals surface area (Å²) in [5.74, 6) is -1.71. The van der Waals surface area contributed by atoms with E-state index in [1.807, 2.05) is 0 Å². The van der Waals surface area contributed by atoms with E-state index in [0.717, 1.165) is 9.55 Å². The first-order chi connectivity index (χ1) is 13.9. The van der Waals surface area contributed by atoms with Crippen LogP contribution in [-0.4, -0.2) is 39.4 Å². The highest BCUT2D eigenvalue weighted by atomic mass is 32.1. The number of carboxylic acid groups (broad SMARTS) is 1. The molecule has 0 spiro atoms. The lowest BCUT2D eigenvalue weighted by Gasteiger charge is -2.24. The Morgan fingerprint density at radius 1 is 1.24 bits per heavy atom. The largest absolute Gasteiger partial charge is 0.507 e. The first-order valence-corrected chi connectivity index (χ1v) is 9.51. The van der Waals surface area contributed by atoms with Crippen molar-refractivity contribution in [3.05, 3.63) is 66.5 Å². The lowest BCUT2D eigenvalue weighted by molar-refractivity contribution is 0.0696. The standard InChI is InChI=1S/C18H16N4O6S/c23-11-4-2-1-3-9(11)14(24)20-6-8-5-10-12(7-19-8)29-15(13(10)18(27)28)21-22-16(25)17(22)26/h1-4,8,19,21,23H,5-7H2,(H,20,24)(H,27,28). The fourth-order valence-electron chi connectivity index (χ4n) is 3.19. The number of carboxylic acids is 1. The normalized spacial score (nSPS) is 15.8. The van der Waals surface area contributed by atoms with Gasteiger partial charge in [0.25, 0.3) is 5.91 Å². The molecule has 2 aromatic heterocycles. The molecule has 0 radical (unpaired) electrons. The van der Waals surface area contributed by atoms with E-state index in [1.54, 1.807) is 12.1 Å². The monoisotopic (exact) mass is 416 g/mol. The van der Waals surface area contributed by atoms with Gasteiger partial charge in [-0.05, 0) is 24.1 Å². The molecule has 1 aromatic carbocycles. The maximum absolute atomic E-state index is 12.3. The van der Waals surface area contributed by atoms with Gasteiger partial charge in [0.2, 0.25) is 0 Å². The van der Waals surface area contributed by atoms with E-state index in [2.05, 4.69) is 16.1 Å². The minimum atomic E-state index is -1.16. The molecule has 1 aliphatic rings. The average molecular weight is 416 g/mol. The molecule has 4 rings (SSSR count). The number of rotatable bonds is 6. The van der Waals surface area contributed by atoms with Crippen molar-refractivity contribution < 1.29 is 19.8 Å². The van der Waals surface area contributed by atoms with Gasteiger partial charge in [-0.1, -0.05) is 12.1 Å². The highest BCUT2D eigenvalue weighted by molar-refractivity contribution is 7.16. The van der Waals surface area contributed by atoms with Crippen molar-refractivity contribution in [2.75, 3.05) is 12.0 Å². The van der Waals surface area contributed by atoms with Crippen molar-refractivity contribution in [1.29, 1.82) is 0 Å². The molecule has 0 fully saturated rings. The quantitative estimate of drug-likeness (QED) is 0.349. The van der Waals surface area contributed by atoms with E-state index >= 15 is 0 Å². The number of aromatic nitrogens is 1. The van der Waals surface area contributed by atoms with Crippen molar-refractivity contribution in [3.8, 4) is 5.75 Å². The van der Waals surface area contributed by atoms with Crippen LogP contribution in [0.4, 0.5) is 5.00 Å². The number of hydrogen-bond acceptors (Lipinski definition) is 8. The van der Waals surface area contributed by atoms with Crippen LogP contribution in [0, 0.1) is 0 Å². The van der Waals surface area contributed by atoms with Crippen LogP contribution < -0.4 is 27.2 Å². The number of carbonyl (C=O) groups excluding carboxylic acids is 1. The molecule has 0 saturated heterocycles. The van der Waals surface area contributed by atoms with E-state index in [0.29, 0.717) is 18.5 Å². The van der Waals surface area contributed by atoms with Gasteiger partial charge in [0.05, 0.1) is 11.1 Å². The Bertz CT molecular complexity index is 1160. The molecular weight excluding hydrogens is 400 g/mol. The summed E-state index contributed by atoms with van der Waals surface area (Å²) in [7, 11) is 0. The third kappa shape index (κ3) is 3.52. The van der Waals surface area contributed by atoms with E-state index in [4.69, 9.17) is 0 Å². The van der Waals surface area contributed by atoms with Gasteiger partial charge in [-0.15, -0.1) is 11.3 Å². The molecule has 3 heterocycles. The minimum Gasteiger partial charge on any atom is -0.507 e. The Morgan fingerprint density at radius 3 is 2.62 bits per heavy atom. The summed E-state index contributed by atoms with van der Waals surface area (Å²) in [4.78, 5) is 47.2. The summed E-state index contributed by atoms with van der Waals surface area (Å²) >= 11 is 1.17. The number of phenols is 1. The van der Waals surface area contributed by atoms with Gasteiger partial charge in [0, 0.05) is 24.0 Å². The Balaban J connectivity index is 1.48. The van der Waals surface area contributed by atoms with Crippen molar-refractivity contribution >= 4 is 28.2 Å². The number of aromatic carboxylic acids is 1. The van der Waals surface area contributed by atoms with Gasteiger partial charge in [-0.3, -0.25) is 19.8 Å². The van der Waals surface area contributed by atoms with Gasteiger partial charge in [0.1, 0.15) is 10.8 Å². The molecule has 0 saturated carbocycles. The number of nitrogens with zero attached hydrogens (tertiary/aromatic N) is 1. The smallest absolute Gasteiger partial charge is 0.340 e. The summed E-state index contributed by atoms with van der Waals surface area (Å²) in [6.45, 7) is 0.619. The van der Waals surface area contributed by atoms with Gasteiger partial charge < -0.3 is 20.8 Å². The maximum Gasteiger partial charge on any atom is 0.340 e. The topological polar surface area (TPSA) is 150 Å². The number of para-hydroxylation sites is 1. The summed E-state index contributed by atoms with van der Waals surface area (Å²) in [6, 6.07) is 5.97. The van der Waals surface area contributed by atoms with Crippen LogP contribution >= 0.6 is 11.3 Å². The Hall–Kier alpha value is -3.44. The predicted molar refractivity (Wildman–Crippen MR) is 104 cm³/mol. The van der Waals surface area contributed by atoms with E-state index in [-0.39, 0.29) is 34.5 Å². The van der Waals surface area contributed by atoms with Crippen LogP contribution in [0.2, 0.25) is 0 Å². The summed E-state index contributed by atoms with van der Waals surface area (Å²) in [5.41, 5.74) is 1.92. The van der Waals surface area contributed by atoms with Crippen molar-refractivity contribution in [1.82, 2.24) is 15.3 Å². The Kier molecular flexibility index (Phi) is 4.68. The lowest BCUT2D eigenvalue weighted by Crippen LogP contribution is -2.44. The van der Waals surface area contributed by atoms with Crippen molar-refractivity contribution in [3.63, 3.8) is 0 Å². The first kappa shape index (κ1) is 18.9. The fourth-order valence-corrected chi connectivity index (χ4v) is 4.35. The molecule has 1 unspecified atom stereocenters. The zero-order valence-electron chi connectivity index (χ0n) is 14.9. The predicted octanol–water partition coefficient (Wildman–Crippen LogP) is -0.131. The number of phenolic OH excluding ortho intramolecular Hbond substituents is 1. The van der Waals surface area contributed by atoms with E-state index in [1.165, 1.54) is 23.5 Å². The minimum absolute atomic E-state index is 0.0241. The second kappa shape index (κ2) is 7.18. The zero-order valence-corrected chi connectivity index (χ0v) is 15.7. The number of hydrogen-bond donors (Lipinski definition) is 5. The molecule has 0 bridgehead atoms. The van der Waals surface area contributed by atoms with Crippen molar-refractivity contribution in [2.24, 2.45) is 0 Å². The Morgan fingerprint density at radius 2 is 1.97 bits per heavy atom. The van der Waals surface area contributed by atoms with Crippen LogP contribution in [0.5, 0.6) is 5.75 Å². The molecule has 10 nitrogen and oxygen atoms in total. The fraction of sp³-hybridized carbons (Fsp3) is 0.222. The number of fused-ring (bicyclic) bond motifs is 1. The molecular formula is C18H16N4O6S. The molecule has 1 amide bonds. The van der Waals surface area contributed by atoms with Crippen LogP contribution in [0.15, 0.2) is 33.9 Å². The highest BCUT2D eigenvalue weighted by Gasteiger charge is 2.30. The maximum atomic E-state index is 12.3. The number of anilines is 1. The van der Waals surface area contributed by atoms with Crippen LogP contribution in [0.25, 0.3) is 0 Å². The Labute approximate surface area is 167 Å². The summed E-state index contributed by atoms with van der Waals surface area (Å²) in [6.07, 6.45) is 0.345. The average Bonchev–Trinajstić information content (AvgIpc) is 3.10. The number of carbonyl (C=O) groups is 2. The number of nitrogens with one attached hydrogen (secondary N) is 3. The second-order valence-corrected chi connectivity index (χ2v) is 7.68. The molecule has 29 heavy (non-hydrogen) atoms. The van der Waals surface area contributed by atoms with Gasteiger partial charge in [0.15, 0.2) is 0 Å². The molecule has 11 heteroatoms. The molecule has 150 valence electrons. The molecule has 1 aliphatic heterocycles. The van der Waals surface area contributed by atoms with Crippen molar-refractivity contribution in [2.45, 2.75) is 19.0 Å². The van der Waals surface area contributed by atoms with Gasteiger partial charge in [-0.2, -0.15) is 4.68 Å². The number of benzene rings is 1. The molecule has 5 N–H and O–H groups in total. The van der Waals surface area contributed by atoms with E-state index in [9.17, 15) is 29.4 Å². The van der Waals surface area contributed by atoms with Gasteiger partial charge >= 0.3 is 17.1 Å². The first-order valence-electron chi connectivity index (χ1n) is 8.69. The van der Waals surface area contributed by atoms with Crippen LogP contribution in [0.1, 0.15) is 31.2 Å².